The maximum atomic E-state index is 5.70. The number of hydrogen-bond donors (Lipinski definition) is 1. The molecule has 1 aliphatic rings. The Morgan fingerprint density at radius 2 is 2.05 bits per heavy atom. The van der Waals surface area contributed by atoms with Crippen LogP contribution in [0.25, 0.3) is 0 Å². The summed E-state index contributed by atoms with van der Waals surface area (Å²) in [7, 11) is 1.87. The highest BCUT2D eigenvalue weighted by molar-refractivity contribution is 5.56. The first kappa shape index (κ1) is 11.8. The maximum Gasteiger partial charge on any atom is 0.246 e. The summed E-state index contributed by atoms with van der Waals surface area (Å²) in [5.74, 6) is 0.947. The van der Waals surface area contributed by atoms with Gasteiger partial charge in [-0.2, -0.15) is 0 Å². The number of nitrogens with one attached hydrogen (secondary N) is 1. The number of aromatic nitrogens is 3. The standard InChI is InChI=1S/C13H16N4O2/c1-13(2)18-11-5-4-9(6-12(11)19-13)14-7-10-8-15-16-17(10)3/h4-6,8,14H,7H2,1-3H3. The van der Waals surface area contributed by atoms with Crippen molar-refractivity contribution in [3.05, 3.63) is 30.1 Å². The van der Waals surface area contributed by atoms with Crippen molar-refractivity contribution in [3.8, 4) is 11.5 Å². The van der Waals surface area contributed by atoms with Gasteiger partial charge in [-0.05, 0) is 12.1 Å². The molecular weight excluding hydrogens is 244 g/mol. The SMILES string of the molecule is Cn1nncc1CNc1ccc2c(c1)OC(C)(C)O2. The molecule has 1 aromatic heterocycles. The van der Waals surface area contributed by atoms with E-state index in [2.05, 4.69) is 15.6 Å². The van der Waals surface area contributed by atoms with Crippen LogP contribution in [0.15, 0.2) is 24.4 Å². The van der Waals surface area contributed by atoms with E-state index >= 15 is 0 Å². The molecule has 0 saturated heterocycles. The third-order valence-electron chi connectivity index (χ3n) is 2.94. The fourth-order valence-electron chi connectivity index (χ4n) is 2.00. The second-order valence-electron chi connectivity index (χ2n) is 4.97. The van der Waals surface area contributed by atoms with Crippen molar-refractivity contribution < 1.29 is 9.47 Å². The van der Waals surface area contributed by atoms with Crippen molar-refractivity contribution in [1.82, 2.24) is 15.0 Å². The molecule has 0 bridgehead atoms. The summed E-state index contributed by atoms with van der Waals surface area (Å²) in [6.45, 7) is 4.44. The largest absolute Gasteiger partial charge is 0.449 e. The van der Waals surface area contributed by atoms with Gasteiger partial charge in [0, 0.05) is 32.6 Å². The van der Waals surface area contributed by atoms with Crippen molar-refractivity contribution in [2.45, 2.75) is 26.2 Å². The number of aryl methyl sites for hydroxylation is 1. The minimum atomic E-state index is -0.590. The zero-order valence-electron chi connectivity index (χ0n) is 11.2. The number of ether oxygens (including phenoxy) is 2. The molecule has 19 heavy (non-hydrogen) atoms. The van der Waals surface area contributed by atoms with Crippen LogP contribution in [0.4, 0.5) is 5.69 Å². The van der Waals surface area contributed by atoms with E-state index < -0.39 is 5.79 Å². The molecule has 1 aromatic carbocycles. The van der Waals surface area contributed by atoms with Gasteiger partial charge >= 0.3 is 0 Å². The van der Waals surface area contributed by atoms with Crippen molar-refractivity contribution in [1.29, 1.82) is 0 Å². The lowest BCUT2D eigenvalue weighted by atomic mass is 10.2. The van der Waals surface area contributed by atoms with E-state index in [0.29, 0.717) is 6.54 Å². The fourth-order valence-corrected chi connectivity index (χ4v) is 2.00. The molecule has 1 N–H and O–H groups in total. The molecule has 0 unspecified atom stereocenters. The smallest absolute Gasteiger partial charge is 0.246 e. The highest BCUT2D eigenvalue weighted by atomic mass is 16.7. The zero-order valence-corrected chi connectivity index (χ0v) is 11.2. The van der Waals surface area contributed by atoms with E-state index in [1.165, 1.54) is 0 Å². The van der Waals surface area contributed by atoms with Gasteiger partial charge in [0.2, 0.25) is 5.79 Å². The number of hydrogen-bond acceptors (Lipinski definition) is 5. The third-order valence-corrected chi connectivity index (χ3v) is 2.94. The summed E-state index contributed by atoms with van der Waals surface area (Å²) >= 11 is 0. The Morgan fingerprint density at radius 3 is 2.79 bits per heavy atom. The molecule has 6 nitrogen and oxygen atoms in total. The van der Waals surface area contributed by atoms with Gasteiger partial charge < -0.3 is 14.8 Å². The number of rotatable bonds is 3. The Labute approximate surface area is 111 Å². The van der Waals surface area contributed by atoms with Crippen molar-refractivity contribution in [3.63, 3.8) is 0 Å². The van der Waals surface area contributed by atoms with Gasteiger partial charge in [0.05, 0.1) is 18.4 Å². The number of benzene rings is 1. The molecule has 3 rings (SSSR count). The summed E-state index contributed by atoms with van der Waals surface area (Å²) in [5.41, 5.74) is 1.99. The first-order chi connectivity index (χ1) is 9.03. The Balaban J connectivity index is 1.72. The van der Waals surface area contributed by atoms with E-state index in [-0.39, 0.29) is 0 Å². The summed E-state index contributed by atoms with van der Waals surface area (Å²) in [6, 6.07) is 5.81. The Bertz CT molecular complexity index is 606. The van der Waals surface area contributed by atoms with Gasteiger partial charge in [0.1, 0.15) is 0 Å². The molecule has 0 saturated carbocycles. The lowest BCUT2D eigenvalue weighted by Crippen LogP contribution is -2.29. The molecule has 0 amide bonds. The Kier molecular flexibility index (Phi) is 2.58. The molecule has 6 heteroatoms. The Hall–Kier alpha value is -2.24. The van der Waals surface area contributed by atoms with Gasteiger partial charge in [-0.15, -0.1) is 5.10 Å². The summed E-state index contributed by atoms with van der Waals surface area (Å²) in [4.78, 5) is 0. The number of anilines is 1. The zero-order chi connectivity index (χ0) is 13.5. The van der Waals surface area contributed by atoms with Crippen LogP contribution < -0.4 is 14.8 Å². The number of fused-ring (bicyclic) bond motifs is 1. The molecule has 0 atom stereocenters. The van der Waals surface area contributed by atoms with Crippen LogP contribution in [0, 0.1) is 0 Å². The van der Waals surface area contributed by atoms with E-state index in [1.807, 2.05) is 39.1 Å². The van der Waals surface area contributed by atoms with E-state index in [4.69, 9.17) is 9.47 Å². The van der Waals surface area contributed by atoms with Gasteiger partial charge in [0.25, 0.3) is 0 Å². The monoisotopic (exact) mass is 260 g/mol. The quantitative estimate of drug-likeness (QED) is 0.913. The van der Waals surface area contributed by atoms with E-state index in [0.717, 1.165) is 22.9 Å². The molecule has 0 aliphatic carbocycles. The predicted octanol–water partition coefficient (Wildman–Crippen LogP) is 1.93. The number of nitrogens with zero attached hydrogens (tertiary/aromatic N) is 3. The molecule has 2 aromatic rings. The lowest BCUT2D eigenvalue weighted by molar-refractivity contribution is -0.0431. The van der Waals surface area contributed by atoms with Crippen molar-refractivity contribution >= 4 is 5.69 Å². The first-order valence-electron chi connectivity index (χ1n) is 6.13. The second kappa shape index (κ2) is 4.15. The summed E-state index contributed by atoms with van der Waals surface area (Å²) in [5, 5.41) is 11.0. The molecule has 0 radical (unpaired) electrons. The van der Waals surface area contributed by atoms with Crippen LogP contribution in [-0.4, -0.2) is 20.8 Å². The van der Waals surface area contributed by atoms with Crippen LogP contribution in [0.3, 0.4) is 0 Å². The average Bonchev–Trinajstić information content (AvgIpc) is 2.87. The predicted molar refractivity (Wildman–Crippen MR) is 70.1 cm³/mol. The van der Waals surface area contributed by atoms with E-state index in [1.54, 1.807) is 10.9 Å². The summed E-state index contributed by atoms with van der Waals surface area (Å²) in [6.07, 6.45) is 1.74. The van der Waals surface area contributed by atoms with Crippen LogP contribution in [0.1, 0.15) is 19.5 Å². The van der Waals surface area contributed by atoms with Crippen LogP contribution in [0.2, 0.25) is 0 Å². The lowest BCUT2D eigenvalue weighted by Gasteiger charge is -2.16. The first-order valence-corrected chi connectivity index (χ1v) is 6.13. The topological polar surface area (TPSA) is 61.2 Å². The van der Waals surface area contributed by atoms with Crippen LogP contribution in [0.5, 0.6) is 11.5 Å². The normalized spacial score (nSPS) is 15.5. The molecule has 0 fully saturated rings. The van der Waals surface area contributed by atoms with E-state index in [9.17, 15) is 0 Å². The third kappa shape index (κ3) is 2.33. The Morgan fingerprint density at radius 1 is 1.26 bits per heavy atom. The summed E-state index contributed by atoms with van der Waals surface area (Å²) < 4.78 is 13.1. The van der Waals surface area contributed by atoms with Gasteiger partial charge in [0.15, 0.2) is 11.5 Å². The maximum absolute atomic E-state index is 5.70. The highest BCUT2D eigenvalue weighted by Crippen LogP contribution is 2.40. The molecule has 2 heterocycles. The minimum Gasteiger partial charge on any atom is -0.449 e. The minimum absolute atomic E-state index is 0.590. The average molecular weight is 260 g/mol. The van der Waals surface area contributed by atoms with Crippen LogP contribution in [-0.2, 0) is 13.6 Å². The van der Waals surface area contributed by atoms with Crippen LogP contribution >= 0.6 is 0 Å². The van der Waals surface area contributed by atoms with Gasteiger partial charge in [-0.25, -0.2) is 0 Å². The van der Waals surface area contributed by atoms with Crippen molar-refractivity contribution in [2.75, 3.05) is 5.32 Å². The second-order valence-corrected chi connectivity index (χ2v) is 4.97. The van der Waals surface area contributed by atoms with Gasteiger partial charge in [-0.1, -0.05) is 5.21 Å². The van der Waals surface area contributed by atoms with Gasteiger partial charge in [-0.3, -0.25) is 4.68 Å². The molecular formula is C13H16N4O2. The molecule has 100 valence electrons. The van der Waals surface area contributed by atoms with Crippen molar-refractivity contribution in [2.24, 2.45) is 7.05 Å². The highest BCUT2D eigenvalue weighted by Gasteiger charge is 2.31. The molecule has 0 spiro atoms. The fraction of sp³-hybridized carbons (Fsp3) is 0.385. The molecule has 1 aliphatic heterocycles.